The van der Waals surface area contributed by atoms with Gasteiger partial charge in [0.1, 0.15) is 5.75 Å². The zero-order chi connectivity index (χ0) is 10.1. The van der Waals surface area contributed by atoms with Gasteiger partial charge in [-0.1, -0.05) is 6.07 Å². The van der Waals surface area contributed by atoms with Crippen LogP contribution in [0.15, 0.2) is 24.4 Å². The lowest BCUT2D eigenvalue weighted by molar-refractivity contribution is 0.481. The van der Waals surface area contributed by atoms with Crippen LogP contribution in [0.4, 0.5) is 0 Å². The largest absolute Gasteiger partial charge is 0.507 e. The fraction of sp³-hybridized carbons (Fsp3) is 0.273. The maximum atomic E-state index is 9.74. The number of aromatic nitrogens is 1. The molecule has 14 heavy (non-hydrogen) atoms. The Morgan fingerprint density at radius 3 is 2.86 bits per heavy atom. The van der Waals surface area contributed by atoms with Crippen molar-refractivity contribution >= 4 is 23.5 Å². The molecule has 0 aliphatic heterocycles. The standard InChI is InChI=1S/C11H13NOS/c1-2-12-6-8(7-14)11-9(12)4-3-5-10(11)13/h3-6,13-14H,2,7H2,1H3. The monoisotopic (exact) mass is 207 g/mol. The molecule has 0 unspecified atom stereocenters. The van der Waals surface area contributed by atoms with Gasteiger partial charge in [0.2, 0.25) is 0 Å². The summed E-state index contributed by atoms with van der Waals surface area (Å²) in [6, 6.07) is 5.60. The molecule has 2 rings (SSSR count). The molecule has 1 aromatic carbocycles. The van der Waals surface area contributed by atoms with E-state index in [0.29, 0.717) is 11.5 Å². The van der Waals surface area contributed by atoms with Gasteiger partial charge in [0, 0.05) is 23.9 Å². The lowest BCUT2D eigenvalue weighted by Gasteiger charge is -2.00. The molecule has 0 fully saturated rings. The number of fused-ring (bicyclic) bond motifs is 1. The first-order chi connectivity index (χ1) is 6.77. The van der Waals surface area contributed by atoms with Gasteiger partial charge in [0.15, 0.2) is 0 Å². The Bertz CT molecular complexity index is 462. The van der Waals surface area contributed by atoms with E-state index in [1.165, 1.54) is 0 Å². The van der Waals surface area contributed by atoms with Crippen LogP contribution in [0, 0.1) is 0 Å². The van der Waals surface area contributed by atoms with E-state index in [4.69, 9.17) is 0 Å². The summed E-state index contributed by atoms with van der Waals surface area (Å²) in [5, 5.41) is 10.7. The summed E-state index contributed by atoms with van der Waals surface area (Å²) in [5.74, 6) is 1.000. The van der Waals surface area contributed by atoms with E-state index in [9.17, 15) is 5.11 Å². The molecule has 0 spiro atoms. The van der Waals surface area contributed by atoms with Gasteiger partial charge in [0.05, 0.1) is 5.52 Å². The summed E-state index contributed by atoms with van der Waals surface area (Å²) in [7, 11) is 0. The highest BCUT2D eigenvalue weighted by molar-refractivity contribution is 7.79. The predicted molar refractivity (Wildman–Crippen MR) is 62.0 cm³/mol. The maximum absolute atomic E-state index is 9.74. The lowest BCUT2D eigenvalue weighted by Crippen LogP contribution is -1.89. The molecule has 2 nitrogen and oxygen atoms in total. The van der Waals surface area contributed by atoms with Crippen LogP contribution in [0.1, 0.15) is 12.5 Å². The van der Waals surface area contributed by atoms with Crippen LogP contribution in [0.3, 0.4) is 0 Å². The summed E-state index contributed by atoms with van der Waals surface area (Å²) in [4.78, 5) is 0. The highest BCUT2D eigenvalue weighted by Gasteiger charge is 2.09. The smallest absolute Gasteiger partial charge is 0.125 e. The van der Waals surface area contributed by atoms with Gasteiger partial charge in [-0.15, -0.1) is 0 Å². The van der Waals surface area contributed by atoms with Crippen LogP contribution in [0.5, 0.6) is 5.75 Å². The molecule has 0 saturated carbocycles. The molecule has 0 amide bonds. The Morgan fingerprint density at radius 1 is 1.43 bits per heavy atom. The van der Waals surface area contributed by atoms with E-state index in [0.717, 1.165) is 23.0 Å². The first-order valence-corrected chi connectivity index (χ1v) is 5.31. The number of aromatic hydroxyl groups is 1. The molecule has 0 saturated heterocycles. The summed E-state index contributed by atoms with van der Waals surface area (Å²) in [6.07, 6.45) is 2.05. The van der Waals surface area contributed by atoms with Gasteiger partial charge >= 0.3 is 0 Å². The molecule has 1 heterocycles. The van der Waals surface area contributed by atoms with Crippen LogP contribution in [0.2, 0.25) is 0 Å². The van der Waals surface area contributed by atoms with Crippen LogP contribution < -0.4 is 0 Å². The number of nitrogens with zero attached hydrogens (tertiary/aromatic N) is 1. The minimum atomic E-state index is 0.346. The van der Waals surface area contributed by atoms with Crippen LogP contribution in [-0.2, 0) is 12.3 Å². The SMILES string of the molecule is CCn1cc(CS)c2c(O)cccc21. The molecule has 0 aliphatic rings. The Balaban J connectivity index is 2.82. The third-order valence-corrected chi connectivity index (χ3v) is 2.81. The van der Waals surface area contributed by atoms with Crippen molar-refractivity contribution < 1.29 is 5.11 Å². The van der Waals surface area contributed by atoms with E-state index in [1.54, 1.807) is 6.07 Å². The maximum Gasteiger partial charge on any atom is 0.125 e. The van der Waals surface area contributed by atoms with Gasteiger partial charge in [-0.25, -0.2) is 0 Å². The van der Waals surface area contributed by atoms with Gasteiger partial charge in [-0.05, 0) is 24.6 Å². The predicted octanol–water partition coefficient (Wildman–Crippen LogP) is 2.80. The Morgan fingerprint density at radius 2 is 2.21 bits per heavy atom. The Kier molecular flexibility index (Phi) is 2.42. The average molecular weight is 207 g/mol. The number of thiol groups is 1. The summed E-state index contributed by atoms with van der Waals surface area (Å²) < 4.78 is 2.13. The molecule has 0 radical (unpaired) electrons. The van der Waals surface area contributed by atoms with E-state index >= 15 is 0 Å². The molecule has 1 aromatic heterocycles. The minimum Gasteiger partial charge on any atom is -0.507 e. The van der Waals surface area contributed by atoms with E-state index in [1.807, 2.05) is 12.1 Å². The van der Waals surface area contributed by atoms with E-state index < -0.39 is 0 Å². The van der Waals surface area contributed by atoms with Crippen LogP contribution in [0.25, 0.3) is 10.9 Å². The highest BCUT2D eigenvalue weighted by atomic mass is 32.1. The van der Waals surface area contributed by atoms with Gasteiger partial charge in [0.25, 0.3) is 0 Å². The van der Waals surface area contributed by atoms with E-state index in [2.05, 4.69) is 30.3 Å². The highest BCUT2D eigenvalue weighted by Crippen LogP contribution is 2.30. The second-order valence-electron chi connectivity index (χ2n) is 3.27. The number of benzene rings is 1. The van der Waals surface area contributed by atoms with E-state index in [-0.39, 0.29) is 0 Å². The lowest BCUT2D eigenvalue weighted by atomic mass is 10.2. The summed E-state index contributed by atoms with van der Waals surface area (Å²) >= 11 is 4.26. The quantitative estimate of drug-likeness (QED) is 0.727. The number of hydrogen-bond acceptors (Lipinski definition) is 2. The van der Waals surface area contributed by atoms with Crippen molar-refractivity contribution in [3.05, 3.63) is 30.0 Å². The first kappa shape index (κ1) is 9.46. The van der Waals surface area contributed by atoms with Crippen molar-refractivity contribution in [1.82, 2.24) is 4.57 Å². The molecule has 74 valence electrons. The normalized spacial score (nSPS) is 11.0. The first-order valence-electron chi connectivity index (χ1n) is 4.68. The Hall–Kier alpha value is -1.09. The fourth-order valence-corrected chi connectivity index (χ4v) is 2.04. The second kappa shape index (κ2) is 3.58. The van der Waals surface area contributed by atoms with Gasteiger partial charge in [-0.3, -0.25) is 0 Å². The minimum absolute atomic E-state index is 0.346. The third kappa shape index (κ3) is 1.28. The molecule has 1 N–H and O–H groups in total. The number of hydrogen-bond donors (Lipinski definition) is 2. The zero-order valence-corrected chi connectivity index (χ0v) is 8.96. The van der Waals surface area contributed by atoms with Crippen molar-refractivity contribution in [1.29, 1.82) is 0 Å². The Labute approximate surface area is 88.6 Å². The van der Waals surface area contributed by atoms with Crippen LogP contribution >= 0.6 is 12.6 Å². The molecule has 0 aliphatic carbocycles. The van der Waals surface area contributed by atoms with Crippen molar-refractivity contribution in [2.75, 3.05) is 0 Å². The molecule has 2 aromatic rings. The zero-order valence-electron chi connectivity index (χ0n) is 8.07. The van der Waals surface area contributed by atoms with Crippen molar-refractivity contribution in [3.8, 4) is 5.75 Å². The molecular formula is C11H13NOS. The third-order valence-electron chi connectivity index (χ3n) is 2.47. The topological polar surface area (TPSA) is 25.2 Å². The molecule has 3 heteroatoms. The summed E-state index contributed by atoms with van der Waals surface area (Å²) in [6.45, 7) is 3.00. The van der Waals surface area contributed by atoms with Crippen molar-refractivity contribution in [2.45, 2.75) is 19.2 Å². The number of phenolic OH excluding ortho intramolecular Hbond substituents is 1. The van der Waals surface area contributed by atoms with Gasteiger partial charge < -0.3 is 9.67 Å². The number of aryl methyl sites for hydroxylation is 1. The van der Waals surface area contributed by atoms with Crippen LogP contribution in [-0.4, -0.2) is 9.67 Å². The summed E-state index contributed by atoms with van der Waals surface area (Å²) in [5.41, 5.74) is 2.17. The average Bonchev–Trinajstić information content (AvgIpc) is 2.57. The van der Waals surface area contributed by atoms with Crippen molar-refractivity contribution in [2.24, 2.45) is 0 Å². The fourth-order valence-electron chi connectivity index (χ4n) is 1.80. The number of phenols is 1. The molecular weight excluding hydrogens is 194 g/mol. The molecule has 0 atom stereocenters. The molecule has 0 bridgehead atoms. The number of rotatable bonds is 2. The van der Waals surface area contributed by atoms with Gasteiger partial charge in [-0.2, -0.15) is 12.6 Å². The van der Waals surface area contributed by atoms with Crippen molar-refractivity contribution in [3.63, 3.8) is 0 Å². The second-order valence-corrected chi connectivity index (χ2v) is 3.59.